The summed E-state index contributed by atoms with van der Waals surface area (Å²) in [6.07, 6.45) is 7.50. The van der Waals surface area contributed by atoms with E-state index in [9.17, 15) is 4.79 Å². The Hall–Kier alpha value is -2.34. The fourth-order valence-electron chi connectivity index (χ4n) is 2.94. The van der Waals surface area contributed by atoms with Crippen LogP contribution in [0.15, 0.2) is 42.0 Å². The Kier molecular flexibility index (Phi) is 3.75. The van der Waals surface area contributed by atoms with Gasteiger partial charge < -0.3 is 10.2 Å². The van der Waals surface area contributed by atoms with E-state index in [1.807, 2.05) is 28.1 Å². The van der Waals surface area contributed by atoms with Crippen LogP contribution in [0.2, 0.25) is 0 Å². The first-order chi connectivity index (χ1) is 11.3. The van der Waals surface area contributed by atoms with Crippen LogP contribution in [-0.4, -0.2) is 28.4 Å². The van der Waals surface area contributed by atoms with Crippen LogP contribution in [0.25, 0.3) is 4.96 Å². The molecule has 0 unspecified atom stereocenters. The van der Waals surface area contributed by atoms with Gasteiger partial charge in [-0.3, -0.25) is 9.20 Å². The largest absolute Gasteiger partial charge is 0.372 e. The first-order valence-electron chi connectivity index (χ1n) is 7.88. The molecule has 4 rings (SSSR count). The molecule has 6 heteroatoms. The maximum Gasteiger partial charge on any atom is 0.275 e. The number of hydrogen-bond acceptors (Lipinski definition) is 4. The Morgan fingerprint density at radius 3 is 2.65 bits per heavy atom. The SMILES string of the molecule is O=C(Nc1ccc(N2CCCCC2)cc1)c1cn2ccsc2n1. The van der Waals surface area contributed by atoms with Gasteiger partial charge in [0.05, 0.1) is 0 Å². The molecular weight excluding hydrogens is 308 g/mol. The highest BCUT2D eigenvalue weighted by molar-refractivity contribution is 7.15. The van der Waals surface area contributed by atoms with Crippen molar-refractivity contribution in [2.24, 2.45) is 0 Å². The van der Waals surface area contributed by atoms with Crippen LogP contribution in [0.5, 0.6) is 0 Å². The third-order valence-corrected chi connectivity index (χ3v) is 4.94. The lowest BCUT2D eigenvalue weighted by molar-refractivity contribution is 0.102. The Morgan fingerprint density at radius 1 is 1.13 bits per heavy atom. The first kappa shape index (κ1) is 14.3. The minimum Gasteiger partial charge on any atom is -0.372 e. The average Bonchev–Trinajstić information content (AvgIpc) is 3.18. The topological polar surface area (TPSA) is 49.6 Å². The number of aromatic nitrogens is 2. The van der Waals surface area contributed by atoms with E-state index < -0.39 is 0 Å². The first-order valence-corrected chi connectivity index (χ1v) is 8.76. The number of rotatable bonds is 3. The molecule has 0 spiro atoms. The summed E-state index contributed by atoms with van der Waals surface area (Å²) in [4.78, 5) is 19.8. The lowest BCUT2D eigenvalue weighted by Crippen LogP contribution is -2.29. The van der Waals surface area contributed by atoms with Crippen LogP contribution in [0, 0.1) is 0 Å². The molecule has 1 aliphatic rings. The molecule has 1 N–H and O–H groups in total. The van der Waals surface area contributed by atoms with Crippen LogP contribution in [0.4, 0.5) is 11.4 Å². The van der Waals surface area contributed by atoms with Gasteiger partial charge in [0.25, 0.3) is 5.91 Å². The Bertz CT molecular complexity index is 786. The molecule has 1 saturated heterocycles. The summed E-state index contributed by atoms with van der Waals surface area (Å²) >= 11 is 1.52. The van der Waals surface area contributed by atoms with E-state index in [4.69, 9.17) is 0 Å². The predicted octanol–water partition coefficient (Wildman–Crippen LogP) is 3.64. The summed E-state index contributed by atoms with van der Waals surface area (Å²) in [5.74, 6) is -0.174. The highest BCUT2D eigenvalue weighted by atomic mass is 32.1. The van der Waals surface area contributed by atoms with Crippen molar-refractivity contribution in [2.75, 3.05) is 23.3 Å². The fourth-order valence-corrected chi connectivity index (χ4v) is 3.64. The van der Waals surface area contributed by atoms with Gasteiger partial charge in [-0.1, -0.05) is 0 Å². The third-order valence-electron chi connectivity index (χ3n) is 4.17. The zero-order valence-corrected chi connectivity index (χ0v) is 13.6. The van der Waals surface area contributed by atoms with Crippen molar-refractivity contribution >= 4 is 33.6 Å². The van der Waals surface area contributed by atoms with Crippen molar-refractivity contribution in [2.45, 2.75) is 19.3 Å². The fraction of sp³-hybridized carbons (Fsp3) is 0.294. The van der Waals surface area contributed by atoms with Gasteiger partial charge in [-0.2, -0.15) is 0 Å². The van der Waals surface area contributed by atoms with Gasteiger partial charge in [-0.25, -0.2) is 4.98 Å². The maximum absolute atomic E-state index is 12.3. The molecule has 2 aromatic heterocycles. The zero-order valence-electron chi connectivity index (χ0n) is 12.7. The number of amides is 1. The van der Waals surface area contributed by atoms with E-state index in [0.29, 0.717) is 5.69 Å². The number of carbonyl (C=O) groups is 1. The number of fused-ring (bicyclic) bond motifs is 1. The van der Waals surface area contributed by atoms with E-state index in [-0.39, 0.29) is 5.91 Å². The molecule has 3 aromatic rings. The molecule has 23 heavy (non-hydrogen) atoms. The second-order valence-electron chi connectivity index (χ2n) is 5.77. The Labute approximate surface area is 138 Å². The van der Waals surface area contributed by atoms with Crippen LogP contribution < -0.4 is 10.2 Å². The number of hydrogen-bond donors (Lipinski definition) is 1. The molecule has 1 aromatic carbocycles. The van der Waals surface area contributed by atoms with Crippen molar-refractivity contribution < 1.29 is 4.79 Å². The van der Waals surface area contributed by atoms with Crippen LogP contribution in [0.1, 0.15) is 29.8 Å². The minimum absolute atomic E-state index is 0.174. The second-order valence-corrected chi connectivity index (χ2v) is 6.64. The normalized spacial score (nSPS) is 15.0. The zero-order chi connectivity index (χ0) is 15.6. The van der Waals surface area contributed by atoms with E-state index in [0.717, 1.165) is 23.7 Å². The van der Waals surface area contributed by atoms with Gasteiger partial charge in [-0.15, -0.1) is 11.3 Å². The highest BCUT2D eigenvalue weighted by Crippen LogP contribution is 2.22. The molecular formula is C17H18N4OS. The molecule has 1 fully saturated rings. The number of nitrogens with one attached hydrogen (secondary N) is 1. The van der Waals surface area contributed by atoms with E-state index in [2.05, 4.69) is 27.3 Å². The molecule has 3 heterocycles. The van der Waals surface area contributed by atoms with E-state index in [1.54, 1.807) is 6.20 Å². The highest BCUT2D eigenvalue weighted by Gasteiger charge is 2.13. The monoisotopic (exact) mass is 326 g/mol. The lowest BCUT2D eigenvalue weighted by atomic mass is 10.1. The summed E-state index contributed by atoms with van der Waals surface area (Å²) in [5, 5.41) is 4.86. The van der Waals surface area contributed by atoms with Crippen LogP contribution in [-0.2, 0) is 0 Å². The minimum atomic E-state index is -0.174. The standard InChI is InChI=1S/C17H18N4OS/c22-16(15-12-21-10-11-23-17(21)19-15)18-13-4-6-14(7-5-13)20-8-2-1-3-9-20/h4-7,10-12H,1-3,8-9H2,(H,18,22). The number of benzene rings is 1. The van der Waals surface area contributed by atoms with Crippen molar-refractivity contribution in [3.05, 3.63) is 47.7 Å². The van der Waals surface area contributed by atoms with E-state index in [1.165, 1.54) is 36.3 Å². The summed E-state index contributed by atoms with van der Waals surface area (Å²) < 4.78 is 1.86. The Morgan fingerprint density at radius 2 is 1.91 bits per heavy atom. The van der Waals surface area contributed by atoms with Gasteiger partial charge in [-0.05, 0) is 43.5 Å². The molecule has 118 valence electrons. The van der Waals surface area contributed by atoms with Crippen molar-refractivity contribution in [3.63, 3.8) is 0 Å². The lowest BCUT2D eigenvalue weighted by Gasteiger charge is -2.28. The van der Waals surface area contributed by atoms with Crippen molar-refractivity contribution in [1.29, 1.82) is 0 Å². The molecule has 1 amide bonds. The van der Waals surface area contributed by atoms with Crippen LogP contribution >= 0.6 is 11.3 Å². The average molecular weight is 326 g/mol. The smallest absolute Gasteiger partial charge is 0.275 e. The second kappa shape index (κ2) is 6.04. The molecule has 0 saturated carbocycles. The summed E-state index contributed by atoms with van der Waals surface area (Å²) in [7, 11) is 0. The number of piperidine rings is 1. The predicted molar refractivity (Wildman–Crippen MR) is 93.5 cm³/mol. The Balaban J connectivity index is 1.45. The molecule has 0 aliphatic carbocycles. The summed E-state index contributed by atoms with van der Waals surface area (Å²) in [5.41, 5.74) is 2.47. The third kappa shape index (κ3) is 2.94. The van der Waals surface area contributed by atoms with Gasteiger partial charge in [0, 0.05) is 42.2 Å². The number of thiazole rings is 1. The summed E-state index contributed by atoms with van der Waals surface area (Å²) in [6.45, 7) is 2.24. The molecule has 0 bridgehead atoms. The van der Waals surface area contributed by atoms with Crippen molar-refractivity contribution in [1.82, 2.24) is 9.38 Å². The van der Waals surface area contributed by atoms with Gasteiger partial charge in [0.2, 0.25) is 0 Å². The molecule has 5 nitrogen and oxygen atoms in total. The quantitative estimate of drug-likeness (QED) is 0.799. The van der Waals surface area contributed by atoms with E-state index >= 15 is 0 Å². The van der Waals surface area contributed by atoms with Gasteiger partial charge in [0.15, 0.2) is 4.96 Å². The number of nitrogens with zero attached hydrogens (tertiary/aromatic N) is 3. The number of imidazole rings is 1. The number of carbonyl (C=O) groups excluding carboxylic acids is 1. The van der Waals surface area contributed by atoms with Gasteiger partial charge >= 0.3 is 0 Å². The summed E-state index contributed by atoms with van der Waals surface area (Å²) in [6, 6.07) is 8.07. The van der Waals surface area contributed by atoms with Gasteiger partial charge in [0.1, 0.15) is 5.69 Å². The molecule has 0 radical (unpaired) electrons. The molecule has 0 atom stereocenters. The van der Waals surface area contributed by atoms with Crippen molar-refractivity contribution in [3.8, 4) is 0 Å². The van der Waals surface area contributed by atoms with Crippen LogP contribution in [0.3, 0.4) is 0 Å². The molecule has 1 aliphatic heterocycles. The maximum atomic E-state index is 12.3. The number of anilines is 2.